The van der Waals surface area contributed by atoms with Crippen molar-refractivity contribution in [3.8, 4) is 0 Å². The Morgan fingerprint density at radius 1 is 1.11 bits per heavy atom. The number of nitrogens with one attached hydrogen (secondary N) is 1. The molecule has 2 aromatic rings. The summed E-state index contributed by atoms with van der Waals surface area (Å²) in [4.78, 5) is 0. The summed E-state index contributed by atoms with van der Waals surface area (Å²) in [6, 6.07) is 15.5. The minimum absolute atomic E-state index is 0.221. The second-order valence-electron chi connectivity index (χ2n) is 4.23. The quantitative estimate of drug-likeness (QED) is 0.880. The Morgan fingerprint density at radius 2 is 1.83 bits per heavy atom. The van der Waals surface area contributed by atoms with E-state index >= 15 is 0 Å². The van der Waals surface area contributed by atoms with Crippen molar-refractivity contribution in [2.45, 2.75) is 19.5 Å². The van der Waals surface area contributed by atoms with E-state index in [0.717, 1.165) is 5.56 Å². The number of halogens is 2. The molecule has 0 heterocycles. The van der Waals surface area contributed by atoms with Crippen molar-refractivity contribution < 1.29 is 4.39 Å². The van der Waals surface area contributed by atoms with Crippen LogP contribution in [-0.4, -0.2) is 0 Å². The highest BCUT2D eigenvalue weighted by molar-refractivity contribution is 9.10. The third kappa shape index (κ3) is 3.18. The number of rotatable bonds is 4. The lowest BCUT2D eigenvalue weighted by Crippen LogP contribution is -2.18. The zero-order valence-electron chi connectivity index (χ0n) is 10.2. The minimum atomic E-state index is -0.221. The maximum absolute atomic E-state index is 13.4. The molecule has 94 valence electrons. The first-order chi connectivity index (χ1) is 8.68. The third-order valence-corrected chi connectivity index (χ3v) is 3.82. The number of hydrogen-bond acceptors (Lipinski definition) is 1. The van der Waals surface area contributed by atoms with Gasteiger partial charge in [-0.2, -0.15) is 0 Å². The van der Waals surface area contributed by atoms with Gasteiger partial charge in [0.1, 0.15) is 5.82 Å². The van der Waals surface area contributed by atoms with Crippen molar-refractivity contribution in [3.05, 3.63) is 69.9 Å². The van der Waals surface area contributed by atoms with Crippen molar-refractivity contribution in [2.75, 3.05) is 0 Å². The Labute approximate surface area is 115 Å². The van der Waals surface area contributed by atoms with Crippen LogP contribution in [0.1, 0.15) is 24.1 Å². The van der Waals surface area contributed by atoms with Gasteiger partial charge in [-0.3, -0.25) is 0 Å². The van der Waals surface area contributed by atoms with Crippen LogP contribution in [0.3, 0.4) is 0 Å². The average molecular weight is 308 g/mol. The van der Waals surface area contributed by atoms with Gasteiger partial charge in [0.25, 0.3) is 0 Å². The number of hydrogen-bond donors (Lipinski definition) is 1. The van der Waals surface area contributed by atoms with Crippen LogP contribution in [0.25, 0.3) is 0 Å². The molecular formula is C15H15BrFN. The molecular weight excluding hydrogens is 293 g/mol. The van der Waals surface area contributed by atoms with E-state index in [1.807, 2.05) is 24.3 Å². The highest BCUT2D eigenvalue weighted by Gasteiger charge is 2.07. The molecule has 3 heteroatoms. The first kappa shape index (κ1) is 13.2. The monoisotopic (exact) mass is 307 g/mol. The molecule has 0 spiro atoms. The summed E-state index contributed by atoms with van der Waals surface area (Å²) in [6.07, 6.45) is 0. The molecule has 0 unspecified atom stereocenters. The van der Waals surface area contributed by atoms with Gasteiger partial charge in [0, 0.05) is 12.6 Å². The van der Waals surface area contributed by atoms with Crippen LogP contribution >= 0.6 is 15.9 Å². The van der Waals surface area contributed by atoms with Crippen molar-refractivity contribution >= 4 is 15.9 Å². The van der Waals surface area contributed by atoms with Crippen LogP contribution < -0.4 is 5.32 Å². The van der Waals surface area contributed by atoms with Gasteiger partial charge >= 0.3 is 0 Å². The van der Waals surface area contributed by atoms with Crippen molar-refractivity contribution in [1.29, 1.82) is 0 Å². The predicted molar refractivity (Wildman–Crippen MR) is 75.8 cm³/mol. The maximum atomic E-state index is 13.4. The van der Waals surface area contributed by atoms with Gasteiger partial charge in [0.05, 0.1) is 4.47 Å². The molecule has 1 atom stereocenters. The molecule has 0 saturated heterocycles. The highest BCUT2D eigenvalue weighted by Crippen LogP contribution is 2.21. The first-order valence-corrected chi connectivity index (χ1v) is 6.69. The lowest BCUT2D eigenvalue weighted by Gasteiger charge is -2.15. The summed E-state index contributed by atoms with van der Waals surface area (Å²) in [5.74, 6) is -0.221. The molecule has 18 heavy (non-hydrogen) atoms. The Balaban J connectivity index is 2.02. The van der Waals surface area contributed by atoms with E-state index in [9.17, 15) is 4.39 Å². The van der Waals surface area contributed by atoms with E-state index in [0.29, 0.717) is 11.0 Å². The molecule has 0 bridgehead atoms. The Morgan fingerprint density at radius 3 is 2.56 bits per heavy atom. The standard InChI is InChI=1S/C15H15BrFN/c1-11(12-6-3-2-4-7-12)18-10-13-8-5-9-14(17)15(13)16/h2-9,11,18H,10H2,1H3/t11-/m1/s1. The van der Waals surface area contributed by atoms with Gasteiger partial charge in [-0.1, -0.05) is 42.5 Å². The summed E-state index contributed by atoms with van der Waals surface area (Å²) < 4.78 is 13.9. The molecule has 0 fully saturated rings. The molecule has 0 aliphatic carbocycles. The lowest BCUT2D eigenvalue weighted by atomic mass is 10.1. The van der Waals surface area contributed by atoms with Gasteiger partial charge < -0.3 is 5.32 Å². The second kappa shape index (κ2) is 6.12. The van der Waals surface area contributed by atoms with E-state index in [1.54, 1.807) is 6.07 Å². The van der Waals surface area contributed by atoms with Crippen LogP contribution in [0, 0.1) is 5.82 Å². The van der Waals surface area contributed by atoms with E-state index in [2.05, 4.69) is 40.3 Å². The largest absolute Gasteiger partial charge is 0.306 e. The van der Waals surface area contributed by atoms with Crippen LogP contribution in [0.5, 0.6) is 0 Å². The van der Waals surface area contributed by atoms with Gasteiger partial charge in [-0.05, 0) is 40.0 Å². The Hall–Kier alpha value is -1.19. The summed E-state index contributed by atoms with van der Waals surface area (Å²) >= 11 is 3.27. The van der Waals surface area contributed by atoms with Gasteiger partial charge in [-0.15, -0.1) is 0 Å². The fraction of sp³-hybridized carbons (Fsp3) is 0.200. The van der Waals surface area contributed by atoms with Crippen LogP contribution in [0.4, 0.5) is 4.39 Å². The van der Waals surface area contributed by atoms with E-state index < -0.39 is 0 Å². The molecule has 2 rings (SSSR count). The average Bonchev–Trinajstić information content (AvgIpc) is 2.41. The van der Waals surface area contributed by atoms with Crippen molar-refractivity contribution in [1.82, 2.24) is 5.32 Å². The predicted octanol–water partition coefficient (Wildman–Crippen LogP) is 4.44. The molecule has 0 aromatic heterocycles. The molecule has 0 saturated carbocycles. The van der Waals surface area contributed by atoms with Crippen molar-refractivity contribution in [3.63, 3.8) is 0 Å². The third-order valence-electron chi connectivity index (χ3n) is 2.93. The molecule has 1 nitrogen and oxygen atoms in total. The van der Waals surface area contributed by atoms with E-state index in [1.165, 1.54) is 11.6 Å². The van der Waals surface area contributed by atoms with Crippen LogP contribution in [-0.2, 0) is 6.54 Å². The highest BCUT2D eigenvalue weighted by atomic mass is 79.9. The Kier molecular flexibility index (Phi) is 4.50. The maximum Gasteiger partial charge on any atom is 0.137 e. The molecule has 1 N–H and O–H groups in total. The summed E-state index contributed by atoms with van der Waals surface area (Å²) in [5.41, 5.74) is 2.16. The summed E-state index contributed by atoms with van der Waals surface area (Å²) in [7, 11) is 0. The molecule has 2 aromatic carbocycles. The smallest absolute Gasteiger partial charge is 0.137 e. The SMILES string of the molecule is C[C@@H](NCc1cccc(F)c1Br)c1ccccc1. The summed E-state index contributed by atoms with van der Waals surface area (Å²) in [6.45, 7) is 2.73. The zero-order chi connectivity index (χ0) is 13.0. The van der Waals surface area contributed by atoms with Gasteiger partial charge in [0.15, 0.2) is 0 Å². The molecule has 0 radical (unpaired) electrons. The zero-order valence-corrected chi connectivity index (χ0v) is 11.7. The fourth-order valence-electron chi connectivity index (χ4n) is 1.81. The molecule has 0 amide bonds. The first-order valence-electron chi connectivity index (χ1n) is 5.89. The minimum Gasteiger partial charge on any atom is -0.306 e. The van der Waals surface area contributed by atoms with Gasteiger partial charge in [0.2, 0.25) is 0 Å². The normalized spacial score (nSPS) is 12.4. The second-order valence-corrected chi connectivity index (χ2v) is 5.02. The van der Waals surface area contributed by atoms with E-state index in [-0.39, 0.29) is 11.9 Å². The molecule has 0 aliphatic rings. The van der Waals surface area contributed by atoms with Crippen LogP contribution in [0.2, 0.25) is 0 Å². The Bertz CT molecular complexity index is 513. The van der Waals surface area contributed by atoms with Gasteiger partial charge in [-0.25, -0.2) is 4.39 Å². The van der Waals surface area contributed by atoms with Crippen LogP contribution in [0.15, 0.2) is 53.0 Å². The topological polar surface area (TPSA) is 12.0 Å². The van der Waals surface area contributed by atoms with E-state index in [4.69, 9.17) is 0 Å². The summed E-state index contributed by atoms with van der Waals surface area (Å²) in [5, 5.41) is 3.39. The number of benzene rings is 2. The lowest BCUT2D eigenvalue weighted by molar-refractivity contribution is 0.566. The molecule has 0 aliphatic heterocycles. The fourth-order valence-corrected chi connectivity index (χ4v) is 2.21. The van der Waals surface area contributed by atoms with Crippen molar-refractivity contribution in [2.24, 2.45) is 0 Å².